The molecular formula is C13H14O3S3. The van der Waals surface area contributed by atoms with E-state index in [4.69, 9.17) is 14.2 Å². The summed E-state index contributed by atoms with van der Waals surface area (Å²) in [6, 6.07) is 2.18. The number of ether oxygens (including phenoxy) is 3. The predicted octanol–water partition coefficient (Wildman–Crippen LogP) is 4.22. The smallest absolute Gasteiger partial charge is 0.147 e. The highest BCUT2D eigenvalue weighted by Gasteiger charge is 2.13. The zero-order chi connectivity index (χ0) is 13.1. The minimum absolute atomic E-state index is 0.584. The van der Waals surface area contributed by atoms with Gasteiger partial charge in [-0.2, -0.15) is 0 Å². The summed E-state index contributed by atoms with van der Waals surface area (Å²) in [6.07, 6.45) is 0. The molecule has 0 aliphatic carbocycles. The van der Waals surface area contributed by atoms with Crippen LogP contribution in [0.5, 0.6) is 5.75 Å². The van der Waals surface area contributed by atoms with Crippen LogP contribution in [-0.2, 0) is 9.47 Å². The lowest BCUT2D eigenvalue weighted by Crippen LogP contribution is -2.09. The van der Waals surface area contributed by atoms with Gasteiger partial charge in [-0.3, -0.25) is 0 Å². The predicted molar refractivity (Wildman–Crippen MR) is 83.3 cm³/mol. The molecule has 0 aliphatic rings. The van der Waals surface area contributed by atoms with Gasteiger partial charge in [0.15, 0.2) is 0 Å². The molecule has 0 aliphatic heterocycles. The van der Waals surface area contributed by atoms with Crippen molar-refractivity contribution in [3.63, 3.8) is 0 Å². The Hall–Kier alpha value is -0.660. The summed E-state index contributed by atoms with van der Waals surface area (Å²) in [5, 5.41) is 4.24. The quantitative estimate of drug-likeness (QED) is 0.611. The highest BCUT2D eigenvalue weighted by Crippen LogP contribution is 2.45. The summed E-state index contributed by atoms with van der Waals surface area (Å²) in [5.74, 6) is 0.990. The molecule has 0 N–H and O–H groups in total. The molecule has 3 rings (SSSR count). The fourth-order valence-corrected chi connectivity index (χ4v) is 5.44. The Morgan fingerprint density at radius 3 is 2.79 bits per heavy atom. The molecule has 0 atom stereocenters. The normalized spacial score (nSPS) is 11.6. The fraction of sp³-hybridized carbons (Fsp3) is 0.385. The SMILES string of the molecule is COCCOCCOc1csc2c1sc1ccsc12. The average Bonchev–Trinajstić information content (AvgIpc) is 3.06. The third-order valence-corrected chi connectivity index (χ3v) is 6.14. The van der Waals surface area contributed by atoms with Crippen LogP contribution in [0.1, 0.15) is 0 Å². The van der Waals surface area contributed by atoms with Crippen molar-refractivity contribution in [2.45, 2.75) is 0 Å². The highest BCUT2D eigenvalue weighted by atomic mass is 32.1. The molecule has 6 heteroatoms. The van der Waals surface area contributed by atoms with Gasteiger partial charge in [-0.05, 0) is 11.4 Å². The molecular weight excluding hydrogens is 300 g/mol. The first-order chi connectivity index (χ1) is 9.40. The van der Waals surface area contributed by atoms with E-state index in [0.717, 1.165) is 5.75 Å². The molecule has 0 saturated carbocycles. The summed E-state index contributed by atoms with van der Waals surface area (Å²) in [6.45, 7) is 2.43. The van der Waals surface area contributed by atoms with E-state index in [1.807, 2.05) is 11.3 Å². The van der Waals surface area contributed by atoms with Gasteiger partial charge in [-0.15, -0.1) is 34.0 Å². The first-order valence-corrected chi connectivity index (χ1v) is 8.54. The van der Waals surface area contributed by atoms with Gasteiger partial charge in [0.1, 0.15) is 12.4 Å². The third kappa shape index (κ3) is 2.78. The van der Waals surface area contributed by atoms with Crippen LogP contribution in [0.15, 0.2) is 16.8 Å². The largest absolute Gasteiger partial charge is 0.489 e. The Kier molecular flexibility index (Phi) is 4.35. The van der Waals surface area contributed by atoms with Crippen LogP contribution in [0, 0.1) is 0 Å². The molecule has 0 radical (unpaired) electrons. The van der Waals surface area contributed by atoms with Crippen LogP contribution in [0.3, 0.4) is 0 Å². The average molecular weight is 314 g/mol. The second-order valence-corrected chi connectivity index (χ2v) is 6.78. The molecule has 0 bridgehead atoms. The van der Waals surface area contributed by atoms with Gasteiger partial charge < -0.3 is 14.2 Å². The molecule has 0 amide bonds. The monoisotopic (exact) mass is 314 g/mol. The molecule has 0 fully saturated rings. The van der Waals surface area contributed by atoms with Gasteiger partial charge in [0.2, 0.25) is 0 Å². The minimum Gasteiger partial charge on any atom is -0.489 e. The molecule has 3 nitrogen and oxygen atoms in total. The van der Waals surface area contributed by atoms with Crippen LogP contribution in [0.4, 0.5) is 0 Å². The number of methoxy groups -OCH3 is 1. The zero-order valence-electron chi connectivity index (χ0n) is 10.5. The lowest BCUT2D eigenvalue weighted by molar-refractivity contribution is 0.0547. The Morgan fingerprint density at radius 1 is 1.00 bits per heavy atom. The van der Waals surface area contributed by atoms with Crippen LogP contribution < -0.4 is 4.74 Å². The van der Waals surface area contributed by atoms with E-state index < -0.39 is 0 Å². The second-order valence-electron chi connectivity index (χ2n) is 3.93. The standard InChI is InChI=1S/C13H14O3S3/c1-14-3-4-15-5-6-16-9-8-18-13-11(9)19-10-2-7-17-12(10)13/h2,7-8H,3-6H2,1H3. The minimum atomic E-state index is 0.584. The van der Waals surface area contributed by atoms with Gasteiger partial charge in [0.25, 0.3) is 0 Å². The van der Waals surface area contributed by atoms with E-state index >= 15 is 0 Å². The maximum absolute atomic E-state index is 5.80. The third-order valence-electron chi connectivity index (χ3n) is 2.68. The van der Waals surface area contributed by atoms with Gasteiger partial charge >= 0.3 is 0 Å². The van der Waals surface area contributed by atoms with Crippen molar-refractivity contribution in [2.75, 3.05) is 33.5 Å². The summed E-state index contributed by atoms with van der Waals surface area (Å²) in [4.78, 5) is 0. The van der Waals surface area contributed by atoms with Crippen LogP contribution >= 0.6 is 34.0 Å². The van der Waals surface area contributed by atoms with Crippen molar-refractivity contribution in [1.29, 1.82) is 0 Å². The maximum Gasteiger partial charge on any atom is 0.147 e. The van der Waals surface area contributed by atoms with Crippen molar-refractivity contribution in [3.05, 3.63) is 16.8 Å². The number of fused-ring (bicyclic) bond motifs is 3. The van der Waals surface area contributed by atoms with Gasteiger partial charge in [0.05, 0.1) is 33.9 Å². The van der Waals surface area contributed by atoms with Crippen molar-refractivity contribution >= 4 is 52.8 Å². The van der Waals surface area contributed by atoms with Crippen molar-refractivity contribution in [1.82, 2.24) is 0 Å². The van der Waals surface area contributed by atoms with Crippen molar-refractivity contribution < 1.29 is 14.2 Å². The molecule has 0 aromatic carbocycles. The van der Waals surface area contributed by atoms with Crippen LogP contribution in [-0.4, -0.2) is 33.5 Å². The second kappa shape index (κ2) is 6.19. The van der Waals surface area contributed by atoms with E-state index in [1.165, 1.54) is 18.8 Å². The van der Waals surface area contributed by atoms with Crippen molar-refractivity contribution in [3.8, 4) is 5.75 Å². The number of hydrogen-bond donors (Lipinski definition) is 0. The lowest BCUT2D eigenvalue weighted by atomic mass is 10.4. The number of rotatable bonds is 7. The molecule has 0 spiro atoms. The molecule has 3 aromatic heterocycles. The molecule has 19 heavy (non-hydrogen) atoms. The Balaban J connectivity index is 1.61. The first kappa shape index (κ1) is 13.3. The summed E-state index contributed by atoms with van der Waals surface area (Å²) < 4.78 is 21.5. The zero-order valence-corrected chi connectivity index (χ0v) is 13.0. The molecule has 3 heterocycles. The Bertz CT molecular complexity index is 652. The Labute approximate surface area is 123 Å². The van der Waals surface area contributed by atoms with E-state index in [9.17, 15) is 0 Å². The fourth-order valence-electron chi connectivity index (χ4n) is 1.79. The maximum atomic E-state index is 5.80. The van der Waals surface area contributed by atoms with E-state index in [-0.39, 0.29) is 0 Å². The van der Waals surface area contributed by atoms with Gasteiger partial charge in [0, 0.05) is 17.2 Å². The number of thiophene rings is 3. The van der Waals surface area contributed by atoms with Crippen LogP contribution in [0.2, 0.25) is 0 Å². The van der Waals surface area contributed by atoms with E-state index in [0.29, 0.717) is 26.4 Å². The van der Waals surface area contributed by atoms with Crippen LogP contribution in [0.25, 0.3) is 18.8 Å². The Morgan fingerprint density at radius 2 is 1.89 bits per heavy atom. The summed E-state index contributed by atoms with van der Waals surface area (Å²) in [5.41, 5.74) is 0. The molecule has 102 valence electrons. The van der Waals surface area contributed by atoms with E-state index in [1.54, 1.807) is 29.8 Å². The molecule has 3 aromatic rings. The number of hydrogen-bond acceptors (Lipinski definition) is 6. The summed E-state index contributed by atoms with van der Waals surface area (Å²) in [7, 11) is 1.67. The lowest BCUT2D eigenvalue weighted by Gasteiger charge is -2.05. The first-order valence-electron chi connectivity index (χ1n) is 5.97. The van der Waals surface area contributed by atoms with E-state index in [2.05, 4.69) is 16.8 Å². The van der Waals surface area contributed by atoms with Gasteiger partial charge in [-0.25, -0.2) is 0 Å². The summed E-state index contributed by atoms with van der Waals surface area (Å²) >= 11 is 5.37. The molecule has 0 saturated heterocycles. The highest BCUT2D eigenvalue weighted by molar-refractivity contribution is 7.38. The topological polar surface area (TPSA) is 27.7 Å². The van der Waals surface area contributed by atoms with Gasteiger partial charge in [-0.1, -0.05) is 0 Å². The molecule has 0 unspecified atom stereocenters. The van der Waals surface area contributed by atoms with Crippen molar-refractivity contribution in [2.24, 2.45) is 0 Å².